The Morgan fingerprint density at radius 2 is 1.96 bits per heavy atom. The molecule has 0 bridgehead atoms. The van der Waals surface area contributed by atoms with E-state index in [1.807, 2.05) is 12.1 Å². The van der Waals surface area contributed by atoms with Crippen LogP contribution in [0, 0.1) is 0 Å². The third-order valence-corrected chi connectivity index (χ3v) is 4.63. The molecule has 0 saturated carbocycles. The monoisotopic (exact) mass is 306 g/mol. The van der Waals surface area contributed by atoms with Gasteiger partial charge in [-0.2, -0.15) is 0 Å². The summed E-state index contributed by atoms with van der Waals surface area (Å²) in [6.45, 7) is 2.93. The van der Waals surface area contributed by atoms with Gasteiger partial charge in [0, 0.05) is 6.54 Å². The van der Waals surface area contributed by atoms with Gasteiger partial charge in [0.15, 0.2) is 0 Å². The van der Waals surface area contributed by atoms with Crippen molar-refractivity contribution in [1.82, 2.24) is 15.3 Å². The highest BCUT2D eigenvalue weighted by molar-refractivity contribution is 6.04. The summed E-state index contributed by atoms with van der Waals surface area (Å²) in [6.07, 6.45) is 0.842. The minimum atomic E-state index is -0.458. The van der Waals surface area contributed by atoms with Gasteiger partial charge in [-0.25, -0.2) is 4.98 Å². The number of H-pyrrole nitrogens is 1. The van der Waals surface area contributed by atoms with E-state index in [1.165, 1.54) is 11.1 Å². The van der Waals surface area contributed by atoms with Gasteiger partial charge in [-0.05, 0) is 36.6 Å². The number of nitrogens with two attached hydrogens (primary N) is 1. The van der Waals surface area contributed by atoms with Crippen LogP contribution in [0.4, 0.5) is 0 Å². The number of nitrogens with one attached hydrogen (secondary N) is 2. The van der Waals surface area contributed by atoms with Gasteiger partial charge in [0.2, 0.25) is 0 Å². The molecule has 3 aromatic rings. The van der Waals surface area contributed by atoms with Crippen molar-refractivity contribution in [2.75, 3.05) is 0 Å². The predicted molar refractivity (Wildman–Crippen MR) is 88.9 cm³/mol. The van der Waals surface area contributed by atoms with Gasteiger partial charge in [-0.15, -0.1) is 0 Å². The average Bonchev–Trinajstić information content (AvgIpc) is 2.99. The SMILES string of the molecule is CC1(c2nc3c(C(N)=O)cccc3[nH]2)Cc2ccccc2CN1. The minimum absolute atomic E-state index is 0.303. The molecule has 116 valence electrons. The number of rotatable bonds is 2. The smallest absolute Gasteiger partial charge is 0.250 e. The third-order valence-electron chi connectivity index (χ3n) is 4.63. The fourth-order valence-electron chi connectivity index (χ4n) is 3.30. The van der Waals surface area contributed by atoms with Crippen molar-refractivity contribution in [2.45, 2.75) is 25.4 Å². The molecule has 0 saturated heterocycles. The predicted octanol–water partition coefficient (Wildman–Crippen LogP) is 2.22. The quantitative estimate of drug-likeness (QED) is 0.679. The molecule has 5 nitrogen and oxygen atoms in total. The molecule has 1 atom stereocenters. The summed E-state index contributed by atoms with van der Waals surface area (Å²) in [4.78, 5) is 19.6. The van der Waals surface area contributed by atoms with E-state index in [-0.39, 0.29) is 5.54 Å². The first kappa shape index (κ1) is 14.0. The molecule has 0 aliphatic carbocycles. The lowest BCUT2D eigenvalue weighted by molar-refractivity contribution is 0.100. The molecule has 2 aromatic carbocycles. The lowest BCUT2D eigenvalue weighted by Crippen LogP contribution is -2.45. The molecule has 2 heterocycles. The van der Waals surface area contributed by atoms with Crippen LogP contribution >= 0.6 is 0 Å². The van der Waals surface area contributed by atoms with Crippen molar-refractivity contribution in [3.63, 3.8) is 0 Å². The molecule has 1 amide bonds. The van der Waals surface area contributed by atoms with Crippen LogP contribution < -0.4 is 11.1 Å². The van der Waals surface area contributed by atoms with Crippen LogP contribution in [0.15, 0.2) is 42.5 Å². The van der Waals surface area contributed by atoms with E-state index in [4.69, 9.17) is 5.73 Å². The van der Waals surface area contributed by atoms with Crippen LogP contribution in [0.2, 0.25) is 0 Å². The number of hydrogen-bond acceptors (Lipinski definition) is 3. The Morgan fingerprint density at radius 3 is 2.74 bits per heavy atom. The zero-order chi connectivity index (χ0) is 16.0. The van der Waals surface area contributed by atoms with E-state index in [1.54, 1.807) is 6.07 Å². The van der Waals surface area contributed by atoms with Crippen molar-refractivity contribution in [3.8, 4) is 0 Å². The Labute approximate surface area is 133 Å². The standard InChI is InChI=1S/C18H18N4O/c1-18(9-11-5-2-3-6-12(11)10-20-18)17-21-14-8-4-7-13(16(19)23)15(14)22-17/h2-8,20H,9-10H2,1H3,(H2,19,23)(H,21,22). The van der Waals surface area contributed by atoms with E-state index in [9.17, 15) is 4.79 Å². The molecule has 1 unspecified atom stereocenters. The number of amides is 1. The molecule has 5 heteroatoms. The van der Waals surface area contributed by atoms with Crippen LogP contribution in [0.5, 0.6) is 0 Å². The zero-order valence-electron chi connectivity index (χ0n) is 12.9. The number of para-hydroxylation sites is 1. The van der Waals surface area contributed by atoms with Crippen LogP contribution in [0.25, 0.3) is 11.0 Å². The molecule has 1 aromatic heterocycles. The first-order valence-electron chi connectivity index (χ1n) is 7.68. The number of imidazole rings is 1. The average molecular weight is 306 g/mol. The minimum Gasteiger partial charge on any atom is -0.366 e. The molecule has 1 aliphatic rings. The van der Waals surface area contributed by atoms with E-state index in [0.29, 0.717) is 11.1 Å². The number of hydrogen-bond donors (Lipinski definition) is 3. The summed E-state index contributed by atoms with van der Waals surface area (Å²) in [5, 5.41) is 3.57. The van der Waals surface area contributed by atoms with Crippen molar-refractivity contribution >= 4 is 16.9 Å². The summed E-state index contributed by atoms with van der Waals surface area (Å²) >= 11 is 0. The number of primary amides is 1. The fraction of sp³-hybridized carbons (Fsp3) is 0.222. The second-order valence-corrected chi connectivity index (χ2v) is 6.28. The van der Waals surface area contributed by atoms with Gasteiger partial charge >= 0.3 is 0 Å². The molecular formula is C18H18N4O. The number of carbonyl (C=O) groups excluding carboxylic acids is 1. The van der Waals surface area contributed by atoms with Crippen molar-refractivity contribution in [3.05, 3.63) is 65.0 Å². The number of aromatic amines is 1. The topological polar surface area (TPSA) is 83.8 Å². The highest BCUT2D eigenvalue weighted by Gasteiger charge is 2.34. The van der Waals surface area contributed by atoms with Crippen molar-refractivity contribution < 1.29 is 4.79 Å². The van der Waals surface area contributed by atoms with Crippen molar-refractivity contribution in [2.24, 2.45) is 5.73 Å². The number of carbonyl (C=O) groups is 1. The normalized spacial score (nSPS) is 20.4. The second-order valence-electron chi connectivity index (χ2n) is 6.28. The van der Waals surface area contributed by atoms with Crippen LogP contribution in [0.3, 0.4) is 0 Å². The maximum atomic E-state index is 11.6. The number of aromatic nitrogens is 2. The van der Waals surface area contributed by atoms with E-state index in [0.717, 1.165) is 24.3 Å². The van der Waals surface area contributed by atoms with Gasteiger partial charge in [-0.1, -0.05) is 30.3 Å². The van der Waals surface area contributed by atoms with Gasteiger partial charge in [0.25, 0.3) is 5.91 Å². The Kier molecular flexibility index (Phi) is 2.99. The Balaban J connectivity index is 1.80. The summed E-state index contributed by atoms with van der Waals surface area (Å²) < 4.78 is 0. The zero-order valence-corrected chi connectivity index (χ0v) is 12.9. The number of benzene rings is 2. The Morgan fingerprint density at radius 1 is 1.17 bits per heavy atom. The van der Waals surface area contributed by atoms with Gasteiger partial charge in [-0.3, -0.25) is 4.79 Å². The van der Waals surface area contributed by atoms with E-state index >= 15 is 0 Å². The lowest BCUT2D eigenvalue weighted by atomic mass is 9.85. The summed E-state index contributed by atoms with van der Waals surface area (Å²) in [5.41, 5.74) is 9.71. The highest BCUT2D eigenvalue weighted by atomic mass is 16.1. The lowest BCUT2D eigenvalue weighted by Gasteiger charge is -2.34. The van der Waals surface area contributed by atoms with E-state index < -0.39 is 5.91 Å². The first-order chi connectivity index (χ1) is 11.1. The summed E-state index contributed by atoms with van der Waals surface area (Å²) in [6, 6.07) is 13.9. The molecule has 23 heavy (non-hydrogen) atoms. The van der Waals surface area contributed by atoms with Crippen LogP contribution in [0.1, 0.15) is 34.2 Å². The third kappa shape index (κ3) is 2.21. The molecular weight excluding hydrogens is 288 g/mol. The molecule has 0 radical (unpaired) electrons. The summed E-state index contributed by atoms with van der Waals surface area (Å²) in [5.74, 6) is 0.372. The Bertz CT molecular complexity index is 914. The number of nitrogens with zero attached hydrogens (tertiary/aromatic N) is 1. The first-order valence-corrected chi connectivity index (χ1v) is 7.68. The molecule has 1 aliphatic heterocycles. The number of fused-ring (bicyclic) bond motifs is 2. The largest absolute Gasteiger partial charge is 0.366 e. The second kappa shape index (κ2) is 4.93. The van der Waals surface area contributed by atoms with E-state index in [2.05, 4.69) is 46.5 Å². The van der Waals surface area contributed by atoms with Crippen LogP contribution in [-0.4, -0.2) is 15.9 Å². The van der Waals surface area contributed by atoms with Crippen LogP contribution in [-0.2, 0) is 18.5 Å². The van der Waals surface area contributed by atoms with Gasteiger partial charge in [0.1, 0.15) is 11.3 Å². The summed E-state index contributed by atoms with van der Waals surface area (Å²) in [7, 11) is 0. The fourth-order valence-corrected chi connectivity index (χ4v) is 3.30. The highest BCUT2D eigenvalue weighted by Crippen LogP contribution is 2.31. The maximum absolute atomic E-state index is 11.6. The van der Waals surface area contributed by atoms with Gasteiger partial charge in [0.05, 0.1) is 16.6 Å². The van der Waals surface area contributed by atoms with Gasteiger partial charge < -0.3 is 16.0 Å². The molecule has 0 spiro atoms. The van der Waals surface area contributed by atoms with Crippen molar-refractivity contribution in [1.29, 1.82) is 0 Å². The molecule has 4 N–H and O–H groups in total. The maximum Gasteiger partial charge on any atom is 0.250 e. The molecule has 0 fully saturated rings. The molecule has 4 rings (SSSR count). The Hall–Kier alpha value is -2.66.